The lowest BCUT2D eigenvalue weighted by molar-refractivity contribution is -0.148. The quantitative estimate of drug-likeness (QED) is 0.643. The van der Waals surface area contributed by atoms with Crippen molar-refractivity contribution in [2.45, 2.75) is 24.9 Å². The Hall–Kier alpha value is -2.59. The lowest BCUT2D eigenvalue weighted by Crippen LogP contribution is -2.23. The highest BCUT2D eigenvalue weighted by Crippen LogP contribution is 2.49. The summed E-state index contributed by atoms with van der Waals surface area (Å²) < 4.78 is 7.36. The molecule has 0 radical (unpaired) electrons. The van der Waals surface area contributed by atoms with Gasteiger partial charge < -0.3 is 4.74 Å². The van der Waals surface area contributed by atoms with Crippen LogP contribution in [0.3, 0.4) is 0 Å². The molecule has 4 nitrogen and oxygen atoms in total. The van der Waals surface area contributed by atoms with E-state index in [9.17, 15) is 4.79 Å². The predicted octanol–water partition coefficient (Wildman–Crippen LogP) is 4.30. The van der Waals surface area contributed by atoms with Gasteiger partial charge in [0.15, 0.2) is 0 Å². The number of aromatic nitrogens is 2. The second-order valence-corrected chi connectivity index (χ2v) is 6.72. The monoisotopic (exact) mass is 352 g/mol. The molecule has 1 aliphatic rings. The number of carbonyl (C=O) groups excluding carboxylic acids is 1. The number of hydrogen-bond donors (Lipinski definition) is 0. The van der Waals surface area contributed by atoms with Gasteiger partial charge in [-0.2, -0.15) is 5.10 Å². The van der Waals surface area contributed by atoms with Crippen molar-refractivity contribution in [1.29, 1.82) is 0 Å². The molecule has 0 saturated heterocycles. The molecule has 0 aliphatic heterocycles. The molecule has 1 fully saturated rings. The summed E-state index contributed by atoms with van der Waals surface area (Å²) in [5, 5.41) is 4.86. The molecule has 2 aromatic carbocycles. The molecule has 4 rings (SSSR count). The van der Waals surface area contributed by atoms with Gasteiger partial charge in [-0.1, -0.05) is 35.9 Å². The van der Waals surface area contributed by atoms with Gasteiger partial charge >= 0.3 is 5.97 Å². The number of nitrogens with zero attached hydrogens (tertiary/aromatic N) is 2. The largest absolute Gasteiger partial charge is 0.460 e. The van der Waals surface area contributed by atoms with Crippen LogP contribution in [-0.2, 0) is 21.6 Å². The maximum absolute atomic E-state index is 12.6. The number of benzene rings is 2. The van der Waals surface area contributed by atoms with Crippen LogP contribution in [0, 0.1) is 0 Å². The van der Waals surface area contributed by atoms with Gasteiger partial charge in [-0.05, 0) is 54.3 Å². The van der Waals surface area contributed by atoms with Crippen LogP contribution in [0.5, 0.6) is 0 Å². The Morgan fingerprint density at radius 2 is 1.84 bits per heavy atom. The van der Waals surface area contributed by atoms with E-state index in [0.717, 1.165) is 29.7 Å². The number of halogens is 1. The van der Waals surface area contributed by atoms with E-state index in [0.29, 0.717) is 5.02 Å². The molecule has 0 amide bonds. The number of rotatable bonds is 5. The molecule has 1 aromatic heterocycles. The smallest absolute Gasteiger partial charge is 0.316 e. The molecule has 3 aromatic rings. The van der Waals surface area contributed by atoms with Crippen LogP contribution in [0.25, 0.3) is 5.69 Å². The SMILES string of the molecule is O=C(OCc1ccc(-n2cccn2)cc1)C1(c2ccc(Cl)cc2)CC1. The third-order valence-corrected chi connectivity index (χ3v) is 4.86. The van der Waals surface area contributed by atoms with Crippen molar-refractivity contribution < 1.29 is 9.53 Å². The van der Waals surface area contributed by atoms with Crippen LogP contribution in [0.2, 0.25) is 5.02 Å². The first-order chi connectivity index (χ1) is 12.2. The third-order valence-electron chi connectivity index (χ3n) is 4.61. The van der Waals surface area contributed by atoms with Crippen molar-refractivity contribution in [2.24, 2.45) is 0 Å². The zero-order chi connectivity index (χ0) is 17.3. The lowest BCUT2D eigenvalue weighted by Gasteiger charge is -2.15. The fourth-order valence-corrected chi connectivity index (χ4v) is 3.08. The van der Waals surface area contributed by atoms with E-state index >= 15 is 0 Å². The van der Waals surface area contributed by atoms with Crippen LogP contribution >= 0.6 is 11.6 Å². The minimum Gasteiger partial charge on any atom is -0.460 e. The van der Waals surface area contributed by atoms with Crippen molar-refractivity contribution in [1.82, 2.24) is 9.78 Å². The zero-order valence-corrected chi connectivity index (χ0v) is 14.3. The number of carbonyl (C=O) groups is 1. The van der Waals surface area contributed by atoms with Gasteiger partial charge in [0, 0.05) is 17.4 Å². The van der Waals surface area contributed by atoms with E-state index in [1.165, 1.54) is 0 Å². The second kappa shape index (κ2) is 6.37. The van der Waals surface area contributed by atoms with Gasteiger partial charge in [0.05, 0.1) is 11.1 Å². The second-order valence-electron chi connectivity index (χ2n) is 6.28. The van der Waals surface area contributed by atoms with E-state index in [1.54, 1.807) is 10.9 Å². The average molecular weight is 353 g/mol. The molecule has 1 saturated carbocycles. The Bertz CT molecular complexity index is 867. The van der Waals surface area contributed by atoms with E-state index in [4.69, 9.17) is 16.3 Å². The number of esters is 1. The zero-order valence-electron chi connectivity index (χ0n) is 13.6. The van der Waals surface area contributed by atoms with Crippen molar-refractivity contribution in [2.75, 3.05) is 0 Å². The maximum Gasteiger partial charge on any atom is 0.316 e. The summed E-state index contributed by atoms with van der Waals surface area (Å²) >= 11 is 5.93. The summed E-state index contributed by atoms with van der Waals surface area (Å²) in [6.07, 6.45) is 5.27. The fraction of sp³-hybridized carbons (Fsp3) is 0.200. The van der Waals surface area contributed by atoms with Gasteiger partial charge in [-0.3, -0.25) is 4.79 Å². The summed E-state index contributed by atoms with van der Waals surface area (Å²) in [4.78, 5) is 12.6. The fourth-order valence-electron chi connectivity index (χ4n) is 2.96. The highest BCUT2D eigenvalue weighted by atomic mass is 35.5. The van der Waals surface area contributed by atoms with Crippen LogP contribution < -0.4 is 0 Å². The van der Waals surface area contributed by atoms with Gasteiger partial charge in [-0.15, -0.1) is 0 Å². The van der Waals surface area contributed by atoms with Crippen molar-refractivity contribution in [3.63, 3.8) is 0 Å². The highest BCUT2D eigenvalue weighted by Gasteiger charge is 2.52. The van der Waals surface area contributed by atoms with Crippen molar-refractivity contribution in [3.05, 3.63) is 83.1 Å². The minimum absolute atomic E-state index is 0.161. The molecule has 0 unspecified atom stereocenters. The first-order valence-electron chi connectivity index (χ1n) is 8.20. The third kappa shape index (κ3) is 3.17. The molecular weight excluding hydrogens is 336 g/mol. The standard InChI is InChI=1S/C20H17ClN2O2/c21-17-6-4-16(5-7-17)20(10-11-20)19(24)25-14-15-2-8-18(9-3-15)23-13-1-12-22-23/h1-9,12-13H,10-11,14H2. The summed E-state index contributed by atoms with van der Waals surface area (Å²) in [6.45, 7) is 0.271. The van der Waals surface area contributed by atoms with Gasteiger partial charge in [-0.25, -0.2) is 4.68 Å². The highest BCUT2D eigenvalue weighted by molar-refractivity contribution is 6.30. The maximum atomic E-state index is 12.6. The molecule has 1 aliphatic carbocycles. The van der Waals surface area contributed by atoms with Gasteiger partial charge in [0.2, 0.25) is 0 Å². The Balaban J connectivity index is 1.41. The number of ether oxygens (including phenoxy) is 1. The normalized spacial score (nSPS) is 14.9. The van der Waals surface area contributed by atoms with Crippen LogP contribution in [0.4, 0.5) is 0 Å². The summed E-state index contributed by atoms with van der Waals surface area (Å²) in [5.41, 5.74) is 2.42. The molecule has 126 valence electrons. The molecule has 25 heavy (non-hydrogen) atoms. The first-order valence-corrected chi connectivity index (χ1v) is 8.57. The van der Waals surface area contributed by atoms with Crippen LogP contribution in [0.15, 0.2) is 67.0 Å². The summed E-state index contributed by atoms with van der Waals surface area (Å²) in [5.74, 6) is -0.161. The lowest BCUT2D eigenvalue weighted by atomic mass is 9.96. The summed E-state index contributed by atoms with van der Waals surface area (Å²) in [7, 11) is 0. The Labute approximate surface area is 151 Å². The van der Waals surface area contributed by atoms with Crippen LogP contribution in [-0.4, -0.2) is 15.7 Å². The molecule has 0 bridgehead atoms. The van der Waals surface area contributed by atoms with Crippen molar-refractivity contribution in [3.8, 4) is 5.69 Å². The Morgan fingerprint density at radius 1 is 1.12 bits per heavy atom. The Morgan fingerprint density at radius 3 is 2.44 bits per heavy atom. The van der Waals surface area contributed by atoms with Gasteiger partial charge in [0.25, 0.3) is 0 Å². The van der Waals surface area contributed by atoms with E-state index in [1.807, 2.05) is 60.8 Å². The minimum atomic E-state index is -0.487. The first kappa shape index (κ1) is 15.9. The molecular formula is C20H17ClN2O2. The van der Waals surface area contributed by atoms with E-state index < -0.39 is 5.41 Å². The molecule has 0 N–H and O–H groups in total. The summed E-state index contributed by atoms with van der Waals surface area (Å²) in [6, 6.07) is 17.2. The van der Waals surface area contributed by atoms with Gasteiger partial charge in [0.1, 0.15) is 6.61 Å². The number of hydrogen-bond acceptors (Lipinski definition) is 3. The van der Waals surface area contributed by atoms with E-state index in [2.05, 4.69) is 5.10 Å². The molecule has 5 heteroatoms. The molecule has 0 atom stereocenters. The molecule has 1 heterocycles. The topological polar surface area (TPSA) is 44.1 Å². The predicted molar refractivity (Wildman–Crippen MR) is 95.7 cm³/mol. The Kier molecular flexibility index (Phi) is 4.06. The molecule has 0 spiro atoms. The average Bonchev–Trinajstić information content (AvgIpc) is 3.27. The van der Waals surface area contributed by atoms with E-state index in [-0.39, 0.29) is 12.6 Å². The van der Waals surface area contributed by atoms with Crippen molar-refractivity contribution >= 4 is 17.6 Å². The van der Waals surface area contributed by atoms with Crippen LogP contribution in [0.1, 0.15) is 24.0 Å².